The number of phenols is 1. The third-order valence-electron chi connectivity index (χ3n) is 7.17. The normalized spacial score (nSPS) is 24.9. The Morgan fingerprint density at radius 3 is 2.46 bits per heavy atom. The molecule has 0 radical (unpaired) electrons. The minimum absolute atomic E-state index is 0.0731. The molecule has 3 unspecified atom stereocenters. The van der Waals surface area contributed by atoms with E-state index in [1.807, 2.05) is 4.90 Å². The quantitative estimate of drug-likeness (QED) is 0.506. The summed E-state index contributed by atoms with van der Waals surface area (Å²) in [6.45, 7) is 1.25. The van der Waals surface area contributed by atoms with E-state index in [-0.39, 0.29) is 11.7 Å². The van der Waals surface area contributed by atoms with Crippen LogP contribution in [0, 0.1) is 11.7 Å². The Morgan fingerprint density at radius 2 is 1.83 bits per heavy atom. The summed E-state index contributed by atoms with van der Waals surface area (Å²) in [5.74, 6) is 0.383. The molecule has 1 aromatic heterocycles. The summed E-state index contributed by atoms with van der Waals surface area (Å²) in [6.07, 6.45) is 5.01. The minimum atomic E-state index is -0.879. The van der Waals surface area contributed by atoms with Gasteiger partial charge in [-0.1, -0.05) is 17.7 Å². The molecule has 6 rings (SSSR count). The van der Waals surface area contributed by atoms with Gasteiger partial charge in [-0.05, 0) is 53.9 Å². The predicted octanol–water partition coefficient (Wildman–Crippen LogP) is 3.98. The van der Waals surface area contributed by atoms with E-state index >= 15 is 0 Å². The second-order valence-electron chi connectivity index (χ2n) is 9.52. The largest absolute Gasteiger partial charge is 0.507 e. The van der Waals surface area contributed by atoms with Crippen molar-refractivity contribution < 1.29 is 19.7 Å². The number of phenolic OH excluding ortho intramolecular Hbond substituents is 1. The third-order valence-corrected chi connectivity index (χ3v) is 7.48. The van der Waals surface area contributed by atoms with Gasteiger partial charge in [-0.2, -0.15) is 0 Å². The van der Waals surface area contributed by atoms with Gasteiger partial charge in [0.15, 0.2) is 0 Å². The van der Waals surface area contributed by atoms with Crippen molar-refractivity contribution in [3.05, 3.63) is 71.9 Å². The number of aromatic hydroxyl groups is 1. The zero-order valence-corrected chi connectivity index (χ0v) is 19.7. The van der Waals surface area contributed by atoms with E-state index in [2.05, 4.69) is 4.98 Å². The highest BCUT2D eigenvalue weighted by molar-refractivity contribution is 6.33. The van der Waals surface area contributed by atoms with Crippen LogP contribution in [-0.2, 0) is 0 Å². The first-order chi connectivity index (χ1) is 16.7. The van der Waals surface area contributed by atoms with Crippen molar-refractivity contribution in [2.24, 2.45) is 5.92 Å². The minimum Gasteiger partial charge on any atom is -0.507 e. The molecule has 2 fully saturated rings. The van der Waals surface area contributed by atoms with Crippen molar-refractivity contribution in [3.8, 4) is 28.0 Å². The molecule has 1 saturated carbocycles. The van der Waals surface area contributed by atoms with Crippen LogP contribution in [0.3, 0.4) is 0 Å². The summed E-state index contributed by atoms with van der Waals surface area (Å²) in [5.41, 5.74) is 1.78. The standard InChI is InChI=1S/C26H24ClFN4O3/c1-30-6-7-32(25(30)34)22-3-2-15(8-21(22)27)19-10-18(28)11-20(24(19)33)16-4-5-29-23(9-16)31-13-17-12-26(17,35)14-31/h2-11,17,25,33-35H,12-14H2,1H3. The first-order valence-corrected chi connectivity index (χ1v) is 11.7. The monoisotopic (exact) mass is 494 g/mol. The van der Waals surface area contributed by atoms with Gasteiger partial charge in [0.1, 0.15) is 17.4 Å². The molecular weight excluding hydrogens is 471 g/mol. The second kappa shape index (κ2) is 7.84. The van der Waals surface area contributed by atoms with E-state index in [1.54, 1.807) is 65.8 Å². The Kier molecular flexibility index (Phi) is 4.96. The number of hydrogen-bond donors (Lipinski definition) is 3. The van der Waals surface area contributed by atoms with Crippen LogP contribution in [0.15, 0.2) is 61.1 Å². The SMILES string of the molecule is CN1C=CN(c2ccc(-c3cc(F)cc(-c4ccnc(N5CC6CC6(O)C5)c4)c3O)cc2Cl)C1O. The van der Waals surface area contributed by atoms with Crippen LogP contribution in [0.2, 0.25) is 5.02 Å². The van der Waals surface area contributed by atoms with Crippen LogP contribution in [-0.4, -0.2) is 57.3 Å². The number of benzene rings is 2. The lowest BCUT2D eigenvalue weighted by Crippen LogP contribution is -2.36. The summed E-state index contributed by atoms with van der Waals surface area (Å²) in [6, 6.07) is 11.2. The fourth-order valence-electron chi connectivity index (χ4n) is 5.05. The summed E-state index contributed by atoms with van der Waals surface area (Å²) in [7, 11) is 1.74. The van der Waals surface area contributed by atoms with Crippen LogP contribution in [0.1, 0.15) is 6.42 Å². The van der Waals surface area contributed by atoms with Gasteiger partial charge in [0.2, 0.25) is 6.35 Å². The van der Waals surface area contributed by atoms with Crippen molar-refractivity contribution in [3.63, 3.8) is 0 Å². The molecule has 180 valence electrons. The first-order valence-electron chi connectivity index (χ1n) is 11.4. The lowest BCUT2D eigenvalue weighted by atomic mass is 9.97. The lowest BCUT2D eigenvalue weighted by Gasteiger charge is -2.26. The molecule has 2 aliphatic heterocycles. The van der Waals surface area contributed by atoms with E-state index in [4.69, 9.17) is 11.6 Å². The maximum atomic E-state index is 14.7. The molecular formula is C26H24ClFN4O3. The Labute approximate surface area is 206 Å². The number of aliphatic hydroxyl groups is 2. The summed E-state index contributed by atoms with van der Waals surface area (Å²) < 4.78 is 14.7. The number of nitrogens with zero attached hydrogens (tertiary/aromatic N) is 4. The third kappa shape index (κ3) is 3.69. The molecule has 1 saturated heterocycles. The van der Waals surface area contributed by atoms with E-state index in [0.717, 1.165) is 13.0 Å². The number of pyridine rings is 1. The number of hydrogen-bond acceptors (Lipinski definition) is 7. The average Bonchev–Trinajstić information content (AvgIpc) is 3.16. The van der Waals surface area contributed by atoms with Gasteiger partial charge in [-0.25, -0.2) is 9.37 Å². The zero-order valence-electron chi connectivity index (χ0n) is 18.9. The van der Waals surface area contributed by atoms with Gasteiger partial charge in [-0.3, -0.25) is 0 Å². The molecule has 3 atom stereocenters. The fraction of sp³-hybridized carbons (Fsp3) is 0.269. The van der Waals surface area contributed by atoms with Crippen LogP contribution >= 0.6 is 11.6 Å². The molecule has 2 aromatic carbocycles. The number of fused-ring (bicyclic) bond motifs is 1. The fourth-order valence-corrected chi connectivity index (χ4v) is 5.32. The number of rotatable bonds is 4. The summed E-state index contributed by atoms with van der Waals surface area (Å²) in [4.78, 5) is 9.68. The number of aliphatic hydroxyl groups excluding tert-OH is 1. The predicted molar refractivity (Wildman–Crippen MR) is 132 cm³/mol. The van der Waals surface area contributed by atoms with Crippen molar-refractivity contribution in [2.75, 3.05) is 29.9 Å². The van der Waals surface area contributed by atoms with Gasteiger partial charge in [0, 0.05) is 55.8 Å². The molecule has 7 nitrogen and oxygen atoms in total. The Balaban J connectivity index is 1.35. The lowest BCUT2D eigenvalue weighted by molar-refractivity contribution is 0.0729. The van der Waals surface area contributed by atoms with E-state index < -0.39 is 17.8 Å². The molecule has 3 aromatic rings. The topological polar surface area (TPSA) is 83.3 Å². The molecule has 3 aliphatic rings. The molecule has 1 aliphatic carbocycles. The molecule has 35 heavy (non-hydrogen) atoms. The van der Waals surface area contributed by atoms with Gasteiger partial charge >= 0.3 is 0 Å². The maximum absolute atomic E-state index is 14.7. The first kappa shape index (κ1) is 22.2. The van der Waals surface area contributed by atoms with Crippen molar-refractivity contribution in [2.45, 2.75) is 18.4 Å². The van der Waals surface area contributed by atoms with Gasteiger partial charge in [0.05, 0.1) is 16.3 Å². The Bertz CT molecular complexity index is 1370. The van der Waals surface area contributed by atoms with Gasteiger partial charge in [0.25, 0.3) is 0 Å². The summed E-state index contributed by atoms with van der Waals surface area (Å²) >= 11 is 6.53. The number of halogens is 2. The molecule has 0 amide bonds. The number of aromatic nitrogens is 1. The van der Waals surface area contributed by atoms with Crippen LogP contribution in [0.25, 0.3) is 22.3 Å². The Morgan fingerprint density at radius 1 is 1.09 bits per heavy atom. The van der Waals surface area contributed by atoms with E-state index in [1.165, 1.54) is 12.1 Å². The van der Waals surface area contributed by atoms with Crippen LogP contribution in [0.4, 0.5) is 15.9 Å². The molecule has 3 heterocycles. The average molecular weight is 495 g/mol. The smallest absolute Gasteiger partial charge is 0.211 e. The number of anilines is 2. The van der Waals surface area contributed by atoms with Crippen LogP contribution in [0.5, 0.6) is 5.75 Å². The molecule has 3 N–H and O–H groups in total. The van der Waals surface area contributed by atoms with Crippen molar-refractivity contribution in [1.29, 1.82) is 0 Å². The molecule has 9 heteroatoms. The molecule has 0 bridgehead atoms. The molecule has 0 spiro atoms. The number of β-amino-alcohol motifs (C(OH)–C–C–N with tert-alkyl or cyclic N) is 1. The summed E-state index contributed by atoms with van der Waals surface area (Å²) in [5, 5.41) is 32.2. The van der Waals surface area contributed by atoms with Gasteiger partial charge < -0.3 is 30.0 Å². The van der Waals surface area contributed by atoms with Crippen LogP contribution < -0.4 is 9.80 Å². The highest BCUT2D eigenvalue weighted by Crippen LogP contribution is 2.50. The second-order valence-corrected chi connectivity index (χ2v) is 9.93. The van der Waals surface area contributed by atoms with Gasteiger partial charge in [-0.15, -0.1) is 0 Å². The van der Waals surface area contributed by atoms with Crippen molar-refractivity contribution in [1.82, 2.24) is 9.88 Å². The number of piperidine rings is 1. The maximum Gasteiger partial charge on any atom is 0.211 e. The highest BCUT2D eigenvalue weighted by atomic mass is 35.5. The highest BCUT2D eigenvalue weighted by Gasteiger charge is 2.59. The van der Waals surface area contributed by atoms with E-state index in [0.29, 0.717) is 45.3 Å². The Hall–Kier alpha value is -3.33. The van der Waals surface area contributed by atoms with E-state index in [9.17, 15) is 19.7 Å². The van der Waals surface area contributed by atoms with Crippen molar-refractivity contribution >= 4 is 23.1 Å². The zero-order chi connectivity index (χ0) is 24.5.